The fourth-order valence-corrected chi connectivity index (χ4v) is 2.81. The Balaban J connectivity index is 2.66. The normalized spacial score (nSPS) is 10.1. The molecule has 0 fully saturated rings. The molecule has 0 amide bonds. The van der Waals surface area contributed by atoms with Crippen LogP contribution >= 0.6 is 35.2 Å². The molecular weight excluding hydrogens is 267 g/mol. The van der Waals surface area contributed by atoms with Crippen LogP contribution in [0.3, 0.4) is 0 Å². The van der Waals surface area contributed by atoms with E-state index in [0.717, 1.165) is 11.3 Å². The Morgan fingerprint density at radius 3 is 2.50 bits per heavy atom. The summed E-state index contributed by atoms with van der Waals surface area (Å²) < 4.78 is 14.8. The largest absolute Gasteiger partial charge is 0.281 e. The van der Waals surface area contributed by atoms with Crippen molar-refractivity contribution in [2.75, 3.05) is 0 Å². The van der Waals surface area contributed by atoms with Gasteiger partial charge in [-0.3, -0.25) is 4.57 Å². The molecule has 0 aliphatic carbocycles. The van der Waals surface area contributed by atoms with Gasteiger partial charge in [-0.1, -0.05) is 22.9 Å². The van der Waals surface area contributed by atoms with E-state index in [9.17, 15) is 4.39 Å². The summed E-state index contributed by atoms with van der Waals surface area (Å²) in [7, 11) is 0. The SMILES string of the molecule is N#Cc1sc(=S)n(-c2ccc(F)cc2)c1Cl. The second kappa shape index (κ2) is 4.34. The summed E-state index contributed by atoms with van der Waals surface area (Å²) in [6.07, 6.45) is 0. The molecule has 2 nitrogen and oxygen atoms in total. The van der Waals surface area contributed by atoms with Crippen molar-refractivity contribution in [3.63, 3.8) is 0 Å². The van der Waals surface area contributed by atoms with Crippen molar-refractivity contribution in [2.24, 2.45) is 0 Å². The number of halogens is 2. The van der Waals surface area contributed by atoms with Crippen molar-refractivity contribution in [2.45, 2.75) is 0 Å². The van der Waals surface area contributed by atoms with Gasteiger partial charge in [-0.05, 0) is 36.5 Å². The predicted octanol–water partition coefficient (Wildman–Crippen LogP) is 3.93. The van der Waals surface area contributed by atoms with Crippen LogP contribution in [0.25, 0.3) is 5.69 Å². The molecule has 6 heteroatoms. The van der Waals surface area contributed by atoms with Crippen LogP contribution in [0.15, 0.2) is 24.3 Å². The molecule has 0 atom stereocenters. The quantitative estimate of drug-likeness (QED) is 0.735. The number of hydrogen-bond donors (Lipinski definition) is 0. The minimum Gasteiger partial charge on any atom is -0.281 e. The molecule has 1 heterocycles. The van der Waals surface area contributed by atoms with Crippen LogP contribution in [-0.4, -0.2) is 4.57 Å². The molecule has 16 heavy (non-hydrogen) atoms. The summed E-state index contributed by atoms with van der Waals surface area (Å²) in [5, 5.41) is 9.07. The fourth-order valence-electron chi connectivity index (χ4n) is 1.23. The zero-order valence-corrected chi connectivity index (χ0v) is 10.2. The molecule has 2 rings (SSSR count). The van der Waals surface area contributed by atoms with Gasteiger partial charge in [-0.25, -0.2) is 4.39 Å². The van der Waals surface area contributed by atoms with Crippen LogP contribution in [0.4, 0.5) is 4.39 Å². The molecule has 0 spiro atoms. The molecule has 0 saturated carbocycles. The summed E-state index contributed by atoms with van der Waals surface area (Å²) in [4.78, 5) is 0.357. The van der Waals surface area contributed by atoms with E-state index in [2.05, 4.69) is 0 Å². The number of nitriles is 1. The second-order valence-electron chi connectivity index (χ2n) is 2.91. The Morgan fingerprint density at radius 1 is 1.38 bits per heavy atom. The topological polar surface area (TPSA) is 28.7 Å². The monoisotopic (exact) mass is 270 g/mol. The van der Waals surface area contributed by atoms with Gasteiger partial charge in [0, 0.05) is 5.69 Å². The van der Waals surface area contributed by atoms with Gasteiger partial charge in [0.05, 0.1) is 0 Å². The van der Waals surface area contributed by atoms with Gasteiger partial charge >= 0.3 is 0 Å². The highest BCUT2D eigenvalue weighted by Gasteiger charge is 2.11. The molecule has 0 saturated heterocycles. The number of hydrogen-bond acceptors (Lipinski definition) is 3. The maximum atomic E-state index is 12.8. The molecule has 0 bridgehead atoms. The highest BCUT2D eigenvalue weighted by Crippen LogP contribution is 2.27. The maximum Gasteiger partial charge on any atom is 0.168 e. The van der Waals surface area contributed by atoms with Gasteiger partial charge in [-0.15, -0.1) is 0 Å². The Morgan fingerprint density at radius 2 is 2.00 bits per heavy atom. The van der Waals surface area contributed by atoms with Crippen molar-refractivity contribution >= 4 is 35.2 Å². The van der Waals surface area contributed by atoms with E-state index in [-0.39, 0.29) is 11.0 Å². The highest BCUT2D eigenvalue weighted by atomic mass is 35.5. The van der Waals surface area contributed by atoms with E-state index in [4.69, 9.17) is 29.1 Å². The maximum absolute atomic E-state index is 12.8. The molecule has 0 aliphatic rings. The zero-order chi connectivity index (χ0) is 11.7. The average Bonchev–Trinajstić information content (AvgIpc) is 2.56. The summed E-state index contributed by atoms with van der Waals surface area (Å²) in [5.74, 6) is -0.331. The predicted molar refractivity (Wildman–Crippen MR) is 64.2 cm³/mol. The van der Waals surface area contributed by atoms with E-state index in [1.165, 1.54) is 12.1 Å². The van der Waals surface area contributed by atoms with Gasteiger partial charge in [0.15, 0.2) is 3.95 Å². The van der Waals surface area contributed by atoms with Crippen LogP contribution in [0, 0.1) is 21.1 Å². The van der Waals surface area contributed by atoms with Crippen LogP contribution in [0.1, 0.15) is 4.88 Å². The van der Waals surface area contributed by atoms with Crippen molar-refractivity contribution < 1.29 is 4.39 Å². The van der Waals surface area contributed by atoms with E-state index < -0.39 is 0 Å². The summed E-state index contributed by atoms with van der Waals surface area (Å²) >= 11 is 12.2. The molecular formula is C10H4ClFN2S2. The van der Waals surface area contributed by atoms with Gasteiger partial charge < -0.3 is 0 Å². The zero-order valence-electron chi connectivity index (χ0n) is 7.78. The third-order valence-electron chi connectivity index (χ3n) is 1.94. The summed E-state index contributed by atoms with van der Waals surface area (Å²) in [5.41, 5.74) is 0.647. The first-order valence-corrected chi connectivity index (χ1v) is 5.81. The van der Waals surface area contributed by atoms with Crippen LogP contribution in [0.2, 0.25) is 5.15 Å². The second-order valence-corrected chi connectivity index (χ2v) is 4.91. The molecule has 1 aromatic carbocycles. The van der Waals surface area contributed by atoms with E-state index in [0.29, 0.717) is 14.5 Å². The van der Waals surface area contributed by atoms with Crippen molar-refractivity contribution in [1.82, 2.24) is 4.57 Å². The molecule has 2 aromatic rings. The molecule has 0 aliphatic heterocycles. The molecule has 80 valence electrons. The molecule has 0 radical (unpaired) electrons. The van der Waals surface area contributed by atoms with E-state index in [1.54, 1.807) is 16.7 Å². The summed E-state index contributed by atoms with van der Waals surface area (Å²) in [6.45, 7) is 0. The number of thiazole rings is 1. The number of nitrogens with zero attached hydrogens (tertiary/aromatic N) is 2. The Kier molecular flexibility index (Phi) is 3.06. The Bertz CT molecular complexity index is 622. The van der Waals surface area contributed by atoms with Gasteiger partial charge in [-0.2, -0.15) is 5.26 Å². The van der Waals surface area contributed by atoms with Gasteiger partial charge in [0.25, 0.3) is 0 Å². The lowest BCUT2D eigenvalue weighted by molar-refractivity contribution is 0.627. The lowest BCUT2D eigenvalue weighted by Crippen LogP contribution is -1.93. The first-order chi connectivity index (χ1) is 7.63. The first kappa shape index (κ1) is 11.3. The third kappa shape index (κ3) is 1.87. The number of aromatic nitrogens is 1. The van der Waals surface area contributed by atoms with Crippen LogP contribution in [0.5, 0.6) is 0 Å². The third-order valence-corrected chi connectivity index (χ3v) is 3.69. The smallest absolute Gasteiger partial charge is 0.168 e. The van der Waals surface area contributed by atoms with Crippen LogP contribution in [-0.2, 0) is 0 Å². The van der Waals surface area contributed by atoms with Gasteiger partial charge in [0.1, 0.15) is 21.9 Å². The Hall–Kier alpha value is -1.22. The standard InChI is InChI=1S/C10H4ClFN2S2/c11-9-8(5-13)16-10(15)14(9)7-3-1-6(12)2-4-7/h1-4H. The average molecular weight is 271 g/mol. The summed E-state index contributed by atoms with van der Waals surface area (Å²) in [6, 6.07) is 7.72. The number of benzene rings is 1. The van der Waals surface area contributed by atoms with Crippen LogP contribution < -0.4 is 0 Å². The van der Waals surface area contributed by atoms with E-state index >= 15 is 0 Å². The van der Waals surface area contributed by atoms with E-state index in [1.807, 2.05) is 6.07 Å². The lowest BCUT2D eigenvalue weighted by atomic mass is 10.3. The van der Waals surface area contributed by atoms with Crippen molar-refractivity contribution in [3.8, 4) is 11.8 Å². The van der Waals surface area contributed by atoms with Crippen molar-refractivity contribution in [1.29, 1.82) is 5.26 Å². The minimum atomic E-state index is -0.331. The molecule has 0 unspecified atom stereocenters. The lowest BCUT2D eigenvalue weighted by Gasteiger charge is -2.03. The first-order valence-electron chi connectivity index (χ1n) is 4.21. The molecule has 1 aromatic heterocycles. The number of rotatable bonds is 1. The highest BCUT2D eigenvalue weighted by molar-refractivity contribution is 7.73. The molecule has 0 N–H and O–H groups in total. The fraction of sp³-hybridized carbons (Fsp3) is 0. The Labute approximate surface area is 105 Å². The van der Waals surface area contributed by atoms with Gasteiger partial charge in [0.2, 0.25) is 0 Å². The minimum absolute atomic E-state index is 0.268. The van der Waals surface area contributed by atoms with Crippen molar-refractivity contribution in [3.05, 3.63) is 44.1 Å².